The number of aromatic nitrogens is 2. The number of halogens is 5. The van der Waals surface area contributed by atoms with E-state index >= 15 is 0 Å². The minimum Gasteiger partial charge on any atom is -0.467 e. The Morgan fingerprint density at radius 3 is 2.64 bits per heavy atom. The summed E-state index contributed by atoms with van der Waals surface area (Å²) in [7, 11) is 1.46. The number of ether oxygens (including phenoxy) is 3. The summed E-state index contributed by atoms with van der Waals surface area (Å²) < 4.78 is 83.4. The van der Waals surface area contributed by atoms with E-state index in [0.717, 1.165) is 25.1 Å². The lowest BCUT2D eigenvalue weighted by atomic mass is 9.91. The number of hydrogen-bond donors (Lipinski definition) is 1. The summed E-state index contributed by atoms with van der Waals surface area (Å²) in [6.07, 6.45) is -3.94. The van der Waals surface area contributed by atoms with Crippen molar-refractivity contribution in [3.8, 4) is 17.9 Å². The van der Waals surface area contributed by atoms with Crippen LogP contribution in [0.15, 0.2) is 23.8 Å². The molecule has 2 N–H and O–H groups in total. The van der Waals surface area contributed by atoms with Gasteiger partial charge in [-0.25, -0.2) is 0 Å². The van der Waals surface area contributed by atoms with Crippen LogP contribution in [-0.2, 0) is 28.7 Å². The molecule has 2 aromatic rings. The summed E-state index contributed by atoms with van der Waals surface area (Å²) in [5.74, 6) is 6.02. The van der Waals surface area contributed by atoms with E-state index in [2.05, 4.69) is 38.5 Å². The van der Waals surface area contributed by atoms with Gasteiger partial charge in [-0.3, -0.25) is 4.90 Å². The summed E-state index contributed by atoms with van der Waals surface area (Å²) in [5, 5.41) is 0. The SMILES string of the molecule is CC#Cc1cc(N)cc(C2Cc3nc(OC)nc(N4CCOCC(C)C4)c3CO2)c1C(F)(F)F.FC(F)=C1CC2CCCN2C1. The third-order valence-corrected chi connectivity index (χ3v) is 8.50. The summed E-state index contributed by atoms with van der Waals surface area (Å²) >= 11 is 0. The van der Waals surface area contributed by atoms with E-state index in [1.807, 2.05) is 0 Å². The maximum absolute atomic E-state index is 14.1. The number of nitrogen functional groups attached to an aromatic ring is 1. The zero-order chi connectivity index (χ0) is 32.3. The predicted octanol–water partition coefficient (Wildman–Crippen LogP) is 5.75. The van der Waals surface area contributed by atoms with E-state index < -0.39 is 23.9 Å². The first-order valence-corrected chi connectivity index (χ1v) is 15.1. The van der Waals surface area contributed by atoms with Crippen LogP contribution in [0.1, 0.15) is 67.2 Å². The molecule has 0 aliphatic carbocycles. The molecule has 3 fully saturated rings. The van der Waals surface area contributed by atoms with Gasteiger partial charge in [-0.2, -0.15) is 31.9 Å². The number of anilines is 2. The molecule has 0 spiro atoms. The smallest absolute Gasteiger partial charge is 0.417 e. The molecule has 3 saturated heterocycles. The van der Waals surface area contributed by atoms with Gasteiger partial charge in [0.05, 0.1) is 44.3 Å². The van der Waals surface area contributed by atoms with Crippen molar-refractivity contribution in [2.24, 2.45) is 5.92 Å². The van der Waals surface area contributed by atoms with Gasteiger partial charge < -0.3 is 24.8 Å². The van der Waals surface area contributed by atoms with Crippen LogP contribution in [0, 0.1) is 17.8 Å². The van der Waals surface area contributed by atoms with Crippen molar-refractivity contribution in [3.05, 3.63) is 51.7 Å². The maximum atomic E-state index is 14.1. The molecule has 4 aliphatic heterocycles. The zero-order valence-electron chi connectivity index (χ0n) is 25.6. The second-order valence-corrected chi connectivity index (χ2v) is 11.8. The first-order valence-electron chi connectivity index (χ1n) is 15.1. The van der Waals surface area contributed by atoms with E-state index in [0.29, 0.717) is 55.9 Å². The van der Waals surface area contributed by atoms with Crippen LogP contribution in [0.2, 0.25) is 0 Å². The Morgan fingerprint density at radius 2 is 1.96 bits per heavy atom. The van der Waals surface area contributed by atoms with Crippen LogP contribution in [0.25, 0.3) is 0 Å². The molecule has 4 aliphatic rings. The summed E-state index contributed by atoms with van der Waals surface area (Å²) in [5.41, 5.74) is 6.80. The quantitative estimate of drug-likeness (QED) is 0.260. The van der Waals surface area contributed by atoms with Crippen LogP contribution in [-0.4, -0.2) is 67.4 Å². The first kappa shape index (κ1) is 32.9. The molecule has 6 rings (SSSR count). The van der Waals surface area contributed by atoms with Crippen molar-refractivity contribution < 1.29 is 36.2 Å². The van der Waals surface area contributed by atoms with Gasteiger partial charge in [0.15, 0.2) is 0 Å². The highest BCUT2D eigenvalue weighted by Crippen LogP contribution is 2.43. The largest absolute Gasteiger partial charge is 0.467 e. The topological polar surface area (TPSA) is 86.0 Å². The van der Waals surface area contributed by atoms with Gasteiger partial charge in [-0.15, -0.1) is 5.92 Å². The highest BCUT2D eigenvalue weighted by molar-refractivity contribution is 5.58. The van der Waals surface area contributed by atoms with Crippen LogP contribution in [0.4, 0.5) is 33.5 Å². The number of methoxy groups -OCH3 is 1. The van der Waals surface area contributed by atoms with Crippen LogP contribution in [0.5, 0.6) is 6.01 Å². The third kappa shape index (κ3) is 7.51. The Morgan fingerprint density at radius 1 is 1.16 bits per heavy atom. The Balaban J connectivity index is 0.000000304. The molecule has 1 aromatic heterocycles. The molecule has 0 saturated carbocycles. The zero-order valence-corrected chi connectivity index (χ0v) is 25.6. The number of nitrogens with two attached hydrogens (primary N) is 1. The van der Waals surface area contributed by atoms with Crippen LogP contribution >= 0.6 is 0 Å². The highest BCUT2D eigenvalue weighted by Gasteiger charge is 2.40. The molecule has 8 nitrogen and oxygen atoms in total. The minimum atomic E-state index is -4.62. The normalized spacial score (nSPS) is 23.2. The molecule has 0 bridgehead atoms. The fourth-order valence-corrected chi connectivity index (χ4v) is 6.51. The Bertz CT molecular complexity index is 1470. The van der Waals surface area contributed by atoms with E-state index in [4.69, 9.17) is 19.9 Å². The molecular weight excluding hydrogens is 597 g/mol. The van der Waals surface area contributed by atoms with Gasteiger partial charge in [0.1, 0.15) is 5.82 Å². The van der Waals surface area contributed by atoms with Crippen molar-refractivity contribution in [1.29, 1.82) is 0 Å². The van der Waals surface area contributed by atoms with Gasteiger partial charge >= 0.3 is 12.2 Å². The summed E-state index contributed by atoms with van der Waals surface area (Å²) in [6.45, 7) is 7.73. The predicted molar refractivity (Wildman–Crippen MR) is 159 cm³/mol. The molecule has 13 heteroatoms. The average Bonchev–Trinajstić information content (AvgIpc) is 3.54. The van der Waals surface area contributed by atoms with Gasteiger partial charge in [0.2, 0.25) is 0 Å². The number of nitrogens with zero attached hydrogens (tertiary/aromatic N) is 4. The van der Waals surface area contributed by atoms with E-state index in [9.17, 15) is 22.0 Å². The molecule has 45 heavy (non-hydrogen) atoms. The fourth-order valence-electron chi connectivity index (χ4n) is 6.51. The first-order chi connectivity index (χ1) is 21.5. The lowest BCUT2D eigenvalue weighted by molar-refractivity contribution is -0.140. The molecule has 5 heterocycles. The summed E-state index contributed by atoms with van der Waals surface area (Å²) in [6, 6.07) is 3.15. The minimum absolute atomic E-state index is 0.0492. The van der Waals surface area contributed by atoms with Crippen LogP contribution in [0.3, 0.4) is 0 Å². The Labute approximate surface area is 259 Å². The van der Waals surface area contributed by atoms with Crippen molar-refractivity contribution in [1.82, 2.24) is 14.9 Å². The average molecular weight is 636 g/mol. The van der Waals surface area contributed by atoms with Gasteiger partial charge in [-0.1, -0.05) is 12.8 Å². The lowest BCUT2D eigenvalue weighted by Crippen LogP contribution is -2.32. The van der Waals surface area contributed by atoms with E-state index in [-0.39, 0.29) is 41.8 Å². The number of alkyl halides is 3. The van der Waals surface area contributed by atoms with Gasteiger partial charge in [0.25, 0.3) is 6.08 Å². The monoisotopic (exact) mass is 635 g/mol. The number of fused-ring (bicyclic) bond motifs is 2. The van der Waals surface area contributed by atoms with E-state index in [1.54, 1.807) is 0 Å². The fraction of sp³-hybridized carbons (Fsp3) is 0.562. The second kappa shape index (κ2) is 13.9. The Kier molecular flexibility index (Phi) is 10.2. The van der Waals surface area contributed by atoms with Crippen molar-refractivity contribution in [2.75, 3.05) is 57.1 Å². The van der Waals surface area contributed by atoms with Gasteiger partial charge in [0, 0.05) is 54.5 Å². The van der Waals surface area contributed by atoms with Crippen molar-refractivity contribution in [3.63, 3.8) is 0 Å². The molecule has 0 radical (unpaired) electrons. The molecule has 1 aromatic carbocycles. The maximum Gasteiger partial charge on any atom is 0.417 e. The molecule has 0 amide bonds. The van der Waals surface area contributed by atoms with Crippen LogP contribution < -0.4 is 15.4 Å². The number of benzene rings is 1. The summed E-state index contributed by atoms with van der Waals surface area (Å²) in [4.78, 5) is 13.3. The number of rotatable bonds is 3. The lowest BCUT2D eigenvalue weighted by Gasteiger charge is -2.32. The van der Waals surface area contributed by atoms with Crippen molar-refractivity contribution in [2.45, 2.75) is 64.5 Å². The van der Waals surface area contributed by atoms with E-state index in [1.165, 1.54) is 32.6 Å². The number of hydrogen-bond acceptors (Lipinski definition) is 8. The van der Waals surface area contributed by atoms with Gasteiger partial charge in [-0.05, 0) is 56.3 Å². The Hall–Kier alpha value is -3.47. The third-order valence-electron chi connectivity index (χ3n) is 8.50. The second-order valence-electron chi connectivity index (χ2n) is 11.8. The highest BCUT2D eigenvalue weighted by atomic mass is 19.4. The molecule has 244 valence electrons. The molecule has 3 atom stereocenters. The standard InChI is InChI=1S/C24H27F3N4O3.C8H11F2N/c1-4-5-15-8-16(28)9-17(21(15)24(25,26)27)20-10-19-18(13-34-20)22(30-23(29-19)32-3)31-6-7-33-12-14(2)11-31;9-8(10)6-4-7-2-1-3-11(7)5-6/h8-9,14,20H,6-7,10-13,28H2,1-3H3;7H,1-5H2. The molecule has 3 unspecified atom stereocenters. The van der Waals surface area contributed by atoms with Crippen molar-refractivity contribution >= 4 is 11.5 Å². The molecular formula is C32H38F5N5O3.